The molecule has 0 aliphatic carbocycles. The van der Waals surface area contributed by atoms with Gasteiger partial charge in [-0.3, -0.25) is 9.78 Å². The normalized spacial score (nSPS) is 10.8. The summed E-state index contributed by atoms with van der Waals surface area (Å²) in [5.74, 6) is 1.61. The number of nitrogens with zero attached hydrogens (tertiary/aromatic N) is 4. The van der Waals surface area contributed by atoms with Gasteiger partial charge >= 0.3 is 0 Å². The van der Waals surface area contributed by atoms with Gasteiger partial charge in [-0.1, -0.05) is 18.2 Å². The minimum absolute atomic E-state index is 0. The lowest BCUT2D eigenvalue weighted by molar-refractivity contribution is -0.131. The van der Waals surface area contributed by atoms with Gasteiger partial charge in [0, 0.05) is 32.9 Å². The number of nitrogens with one attached hydrogen (secondary N) is 1. The number of aliphatic imine (C=N–C) groups is 1. The predicted octanol–water partition coefficient (Wildman–Crippen LogP) is 3.54. The molecule has 0 bridgehead atoms. The first-order valence-corrected chi connectivity index (χ1v) is 10.5. The molecule has 8 heteroatoms. The Hall–Kier alpha value is -2.36. The summed E-state index contributed by atoms with van der Waals surface area (Å²) in [7, 11) is 1.89. The van der Waals surface area contributed by atoms with Gasteiger partial charge < -0.3 is 19.9 Å². The summed E-state index contributed by atoms with van der Waals surface area (Å²) in [4.78, 5) is 25.0. The summed E-state index contributed by atoms with van der Waals surface area (Å²) in [5.41, 5.74) is 1.96. The average molecular weight is 539 g/mol. The molecule has 2 rings (SSSR count). The van der Waals surface area contributed by atoms with E-state index < -0.39 is 0 Å². The second-order valence-corrected chi connectivity index (χ2v) is 6.85. The fourth-order valence-electron chi connectivity index (χ4n) is 2.92. The third kappa shape index (κ3) is 9.12. The Bertz CT molecular complexity index is 795. The van der Waals surface area contributed by atoms with Gasteiger partial charge in [0.2, 0.25) is 5.91 Å². The Morgan fingerprint density at radius 1 is 1.10 bits per heavy atom. The highest BCUT2D eigenvalue weighted by Crippen LogP contribution is 2.14. The molecule has 1 N–H and O–H groups in total. The standard InChI is InChI=1S/C23H33N5O2.HI/c1-5-24-23(27(4)17-22(29)28(6-2)7-3)26-16-19-11-13-21(14-12-19)30-18-20-10-8-9-15-25-20;/h8-15H,5-7,16-18H2,1-4H3,(H,24,26);1H. The first kappa shape index (κ1) is 26.7. The maximum Gasteiger partial charge on any atom is 0.242 e. The highest BCUT2D eigenvalue weighted by molar-refractivity contribution is 14.0. The number of ether oxygens (including phenoxy) is 1. The van der Waals surface area contributed by atoms with Crippen LogP contribution in [0.5, 0.6) is 5.75 Å². The van der Waals surface area contributed by atoms with Crippen molar-refractivity contribution in [1.82, 2.24) is 20.1 Å². The van der Waals surface area contributed by atoms with Crippen LogP contribution in [0.25, 0.3) is 0 Å². The van der Waals surface area contributed by atoms with E-state index in [2.05, 4.69) is 15.3 Å². The summed E-state index contributed by atoms with van der Waals surface area (Å²) >= 11 is 0. The van der Waals surface area contributed by atoms with E-state index in [0.717, 1.165) is 23.6 Å². The lowest BCUT2D eigenvalue weighted by Crippen LogP contribution is -2.45. The number of likely N-dealkylation sites (N-methyl/N-ethyl adjacent to an activating group) is 2. The second-order valence-electron chi connectivity index (χ2n) is 6.85. The molecule has 0 fully saturated rings. The molecule has 1 aromatic carbocycles. The molecular weight excluding hydrogens is 505 g/mol. The highest BCUT2D eigenvalue weighted by atomic mass is 127. The first-order valence-electron chi connectivity index (χ1n) is 10.5. The zero-order valence-electron chi connectivity index (χ0n) is 18.9. The van der Waals surface area contributed by atoms with Crippen LogP contribution >= 0.6 is 24.0 Å². The number of rotatable bonds is 10. The highest BCUT2D eigenvalue weighted by Gasteiger charge is 2.14. The van der Waals surface area contributed by atoms with E-state index in [-0.39, 0.29) is 29.9 Å². The lowest BCUT2D eigenvalue weighted by atomic mass is 10.2. The van der Waals surface area contributed by atoms with Crippen molar-refractivity contribution in [3.63, 3.8) is 0 Å². The van der Waals surface area contributed by atoms with Crippen LogP contribution in [0.1, 0.15) is 32.0 Å². The molecule has 0 saturated carbocycles. The van der Waals surface area contributed by atoms with Crippen LogP contribution in [-0.4, -0.2) is 59.9 Å². The van der Waals surface area contributed by atoms with E-state index >= 15 is 0 Å². The van der Waals surface area contributed by atoms with Crippen LogP contribution in [-0.2, 0) is 17.9 Å². The SMILES string of the molecule is CCNC(=NCc1ccc(OCc2ccccn2)cc1)N(C)CC(=O)N(CC)CC.I. The van der Waals surface area contributed by atoms with E-state index in [1.807, 2.05) is 80.1 Å². The number of pyridine rings is 1. The fourth-order valence-corrected chi connectivity index (χ4v) is 2.92. The van der Waals surface area contributed by atoms with Crippen LogP contribution < -0.4 is 10.1 Å². The molecule has 0 atom stereocenters. The zero-order chi connectivity index (χ0) is 21.8. The number of benzene rings is 1. The Labute approximate surface area is 202 Å². The van der Waals surface area contributed by atoms with Crippen LogP contribution in [0.15, 0.2) is 53.7 Å². The maximum absolute atomic E-state index is 12.4. The van der Waals surface area contributed by atoms with Gasteiger partial charge in [-0.05, 0) is 50.6 Å². The van der Waals surface area contributed by atoms with Crippen molar-refractivity contribution in [1.29, 1.82) is 0 Å². The van der Waals surface area contributed by atoms with Gasteiger partial charge in [0.1, 0.15) is 12.4 Å². The molecule has 0 aliphatic heterocycles. The number of hydrogen-bond donors (Lipinski definition) is 1. The molecule has 31 heavy (non-hydrogen) atoms. The molecule has 0 aliphatic rings. The van der Waals surface area contributed by atoms with Gasteiger partial charge in [0.15, 0.2) is 5.96 Å². The van der Waals surface area contributed by atoms with Crippen molar-refractivity contribution >= 4 is 35.8 Å². The van der Waals surface area contributed by atoms with Gasteiger partial charge in [-0.2, -0.15) is 0 Å². The summed E-state index contributed by atoms with van der Waals surface area (Å²) < 4.78 is 5.78. The Kier molecular flexibility index (Phi) is 12.6. The van der Waals surface area contributed by atoms with E-state index in [0.29, 0.717) is 38.7 Å². The van der Waals surface area contributed by atoms with E-state index in [9.17, 15) is 4.79 Å². The first-order chi connectivity index (χ1) is 14.6. The van der Waals surface area contributed by atoms with E-state index in [1.165, 1.54) is 0 Å². The number of carbonyl (C=O) groups is 1. The number of hydrogen-bond acceptors (Lipinski definition) is 4. The molecule has 1 aromatic heterocycles. The van der Waals surface area contributed by atoms with Crippen molar-refractivity contribution in [2.75, 3.05) is 33.2 Å². The van der Waals surface area contributed by atoms with Crippen molar-refractivity contribution in [2.24, 2.45) is 4.99 Å². The van der Waals surface area contributed by atoms with Crippen LogP contribution in [0, 0.1) is 0 Å². The Morgan fingerprint density at radius 3 is 2.39 bits per heavy atom. The molecule has 170 valence electrons. The summed E-state index contributed by atoms with van der Waals surface area (Å²) in [5, 5.41) is 3.26. The van der Waals surface area contributed by atoms with Crippen molar-refractivity contribution in [3.8, 4) is 5.75 Å². The molecular formula is C23H34IN5O2. The third-order valence-corrected chi connectivity index (χ3v) is 4.63. The zero-order valence-corrected chi connectivity index (χ0v) is 21.2. The lowest BCUT2D eigenvalue weighted by Gasteiger charge is -2.25. The Morgan fingerprint density at radius 2 is 1.81 bits per heavy atom. The van der Waals surface area contributed by atoms with Crippen LogP contribution in [0.4, 0.5) is 0 Å². The smallest absolute Gasteiger partial charge is 0.242 e. The largest absolute Gasteiger partial charge is 0.487 e. The quantitative estimate of drug-likeness (QED) is 0.284. The Balaban J connectivity index is 0.00000480. The van der Waals surface area contributed by atoms with Gasteiger partial charge in [-0.25, -0.2) is 4.99 Å². The number of guanidine groups is 1. The molecule has 0 radical (unpaired) electrons. The number of carbonyl (C=O) groups excluding carboxylic acids is 1. The van der Waals surface area contributed by atoms with Crippen molar-refractivity contribution < 1.29 is 9.53 Å². The van der Waals surface area contributed by atoms with E-state index in [1.54, 1.807) is 6.20 Å². The molecule has 1 amide bonds. The molecule has 7 nitrogen and oxygen atoms in total. The molecule has 0 unspecified atom stereocenters. The summed E-state index contributed by atoms with van der Waals surface area (Å²) in [6, 6.07) is 13.7. The predicted molar refractivity (Wildman–Crippen MR) is 136 cm³/mol. The molecule has 0 spiro atoms. The van der Waals surface area contributed by atoms with Gasteiger partial charge in [-0.15, -0.1) is 24.0 Å². The minimum Gasteiger partial charge on any atom is -0.487 e. The van der Waals surface area contributed by atoms with Gasteiger partial charge in [0.25, 0.3) is 0 Å². The average Bonchev–Trinajstić information content (AvgIpc) is 2.77. The fraction of sp³-hybridized carbons (Fsp3) is 0.435. The van der Waals surface area contributed by atoms with Crippen molar-refractivity contribution in [3.05, 3.63) is 59.9 Å². The molecule has 1 heterocycles. The number of halogens is 1. The van der Waals surface area contributed by atoms with Gasteiger partial charge in [0.05, 0.1) is 18.8 Å². The third-order valence-electron chi connectivity index (χ3n) is 4.63. The summed E-state index contributed by atoms with van der Waals surface area (Å²) in [6.07, 6.45) is 1.76. The van der Waals surface area contributed by atoms with E-state index in [4.69, 9.17) is 4.74 Å². The summed E-state index contributed by atoms with van der Waals surface area (Å²) in [6.45, 7) is 9.42. The molecule has 0 saturated heterocycles. The molecule has 2 aromatic rings. The van der Waals surface area contributed by atoms with Crippen molar-refractivity contribution in [2.45, 2.75) is 33.9 Å². The van der Waals surface area contributed by atoms with Crippen LogP contribution in [0.2, 0.25) is 0 Å². The minimum atomic E-state index is 0. The number of aromatic nitrogens is 1. The second kappa shape index (κ2) is 14.6. The van der Waals surface area contributed by atoms with Crippen LogP contribution in [0.3, 0.4) is 0 Å². The monoisotopic (exact) mass is 539 g/mol. The topological polar surface area (TPSA) is 70.1 Å². The number of amides is 1. The maximum atomic E-state index is 12.4.